The van der Waals surface area contributed by atoms with Crippen LogP contribution in [-0.2, 0) is 34.2 Å². The van der Waals surface area contributed by atoms with Gasteiger partial charge in [0.1, 0.15) is 23.7 Å². The number of hydrogen-bond acceptors (Lipinski definition) is 8. The molecule has 4 aliphatic carbocycles. The van der Waals surface area contributed by atoms with Gasteiger partial charge in [-0.25, -0.2) is 4.72 Å². The Hall–Kier alpha value is -3.04. The fourth-order valence-electron chi connectivity index (χ4n) is 12.1. The molecule has 4 N–H and O–H groups in total. The average Bonchev–Trinajstić information content (AvgIpc) is 3.62. The van der Waals surface area contributed by atoms with Crippen molar-refractivity contribution in [3.63, 3.8) is 0 Å². The highest BCUT2D eigenvalue weighted by Gasteiger charge is 2.85. The molecule has 0 radical (unpaired) electrons. The minimum Gasteiger partial charge on any atom is -0.343 e. The third kappa shape index (κ3) is 7.76. The Balaban J connectivity index is 1.28. The summed E-state index contributed by atoms with van der Waals surface area (Å²) >= 11 is 0. The first-order valence-corrected chi connectivity index (χ1v) is 24.0. The second kappa shape index (κ2) is 16.3. The molecule has 59 heavy (non-hydrogen) atoms. The van der Waals surface area contributed by atoms with E-state index in [2.05, 4.69) is 59.8 Å². The van der Waals surface area contributed by atoms with Gasteiger partial charge in [0.05, 0.1) is 6.04 Å². The molecular formula is C44H73N7O7S. The molecule has 7 atom stereocenters. The van der Waals surface area contributed by atoms with Gasteiger partial charge in [0.15, 0.2) is 0 Å². The number of carbonyl (C=O) groups is 5. The Kier molecular flexibility index (Phi) is 12.6. The maximum Gasteiger partial charge on any atom is 0.303 e. The van der Waals surface area contributed by atoms with E-state index in [-0.39, 0.29) is 71.5 Å². The van der Waals surface area contributed by atoms with Crippen molar-refractivity contribution in [2.45, 2.75) is 175 Å². The van der Waals surface area contributed by atoms with Crippen LogP contribution in [-0.4, -0.2) is 114 Å². The van der Waals surface area contributed by atoms with Crippen molar-refractivity contribution in [3.8, 4) is 0 Å². The topological polar surface area (TPSA) is 177 Å². The summed E-state index contributed by atoms with van der Waals surface area (Å²) in [6.45, 7) is 23.0. The van der Waals surface area contributed by atoms with Crippen LogP contribution in [0.3, 0.4) is 0 Å². The van der Waals surface area contributed by atoms with Crippen LogP contribution in [0.25, 0.3) is 0 Å². The Bertz CT molecular complexity index is 1780. The van der Waals surface area contributed by atoms with Crippen LogP contribution in [0.1, 0.15) is 139 Å². The molecule has 6 fully saturated rings. The van der Waals surface area contributed by atoms with Gasteiger partial charge in [-0.05, 0) is 93.9 Å². The van der Waals surface area contributed by atoms with Crippen molar-refractivity contribution < 1.29 is 32.4 Å². The lowest BCUT2D eigenvalue weighted by Gasteiger charge is -2.39. The van der Waals surface area contributed by atoms with Crippen molar-refractivity contribution in [3.05, 3.63) is 12.7 Å². The van der Waals surface area contributed by atoms with Crippen molar-refractivity contribution >= 4 is 39.7 Å². The molecule has 332 valence electrons. The Morgan fingerprint density at radius 3 is 2.00 bits per heavy atom. The number of fused-ring (bicyclic) bond motifs is 1. The number of nitrogens with one attached hydrogen (secondary N) is 4. The van der Waals surface area contributed by atoms with E-state index in [1.54, 1.807) is 24.8 Å². The molecule has 14 nitrogen and oxygen atoms in total. The van der Waals surface area contributed by atoms with E-state index < -0.39 is 57.0 Å². The highest BCUT2D eigenvalue weighted by atomic mass is 32.2. The van der Waals surface area contributed by atoms with Crippen molar-refractivity contribution in [2.24, 2.45) is 33.5 Å². The average molecular weight is 844 g/mol. The monoisotopic (exact) mass is 844 g/mol. The molecule has 0 bridgehead atoms. The van der Waals surface area contributed by atoms with Crippen LogP contribution < -0.4 is 20.7 Å². The van der Waals surface area contributed by atoms with E-state index in [0.29, 0.717) is 13.0 Å². The fourth-order valence-corrected chi connectivity index (χ4v) is 13.3. The smallest absolute Gasteiger partial charge is 0.303 e. The van der Waals surface area contributed by atoms with Gasteiger partial charge >= 0.3 is 10.2 Å². The molecule has 0 aromatic heterocycles. The van der Waals surface area contributed by atoms with E-state index in [1.165, 1.54) is 0 Å². The molecule has 5 amide bonds. The molecule has 0 aromatic rings. The maximum atomic E-state index is 15.2. The summed E-state index contributed by atoms with van der Waals surface area (Å²) in [6, 6.07) is -2.93. The van der Waals surface area contributed by atoms with Gasteiger partial charge < -0.3 is 20.9 Å². The molecule has 6 aliphatic rings. The quantitative estimate of drug-likeness (QED) is 0.179. The van der Waals surface area contributed by atoms with E-state index in [4.69, 9.17) is 0 Å². The number of nitrogens with zero attached hydrogens (tertiary/aromatic N) is 3. The molecular weight excluding hydrogens is 771 g/mol. The third-order valence-electron chi connectivity index (χ3n) is 16.1. The number of hydrogen-bond donors (Lipinski definition) is 4. The van der Waals surface area contributed by atoms with Crippen LogP contribution in [0.5, 0.6) is 0 Å². The first kappa shape index (κ1) is 45.5. The first-order valence-electron chi connectivity index (χ1n) is 22.5. The zero-order valence-electron chi connectivity index (χ0n) is 37.2. The Morgan fingerprint density at radius 1 is 0.864 bits per heavy atom. The second-order valence-electron chi connectivity index (χ2n) is 20.5. The number of amides is 5. The standard InChI is InChI=1S/C44H73N7O7S/c1-11-30-25-44(30,39(56)48-59(57,58)49(12-2)13-3)47-36(53)32-26-43(41(9,10)42(43)22-18-23-42)27-51(32)38(55)34(40(6,7)8)46-37(54)33(29-19-14-15-20-29)45-35(52)31-21-16-17-24-50(31)28(4)5/h11,28-34H,1,12-27H2,2-10H3,(H,45,52)(H,46,54)(H,47,53)(H,48,56)/t30-,31+,32+,33+,34-,43-,44-/m1/s1. The lowest BCUT2D eigenvalue weighted by Crippen LogP contribution is -2.63. The van der Waals surface area contributed by atoms with Crippen molar-refractivity contribution in [1.29, 1.82) is 0 Å². The lowest BCUT2D eigenvalue weighted by molar-refractivity contribution is -0.145. The molecule has 0 aromatic carbocycles. The Morgan fingerprint density at radius 2 is 1.49 bits per heavy atom. The van der Waals surface area contributed by atoms with Crippen LogP contribution in [0.2, 0.25) is 0 Å². The summed E-state index contributed by atoms with van der Waals surface area (Å²) in [4.78, 5) is 76.3. The van der Waals surface area contributed by atoms with Crippen LogP contribution in [0.4, 0.5) is 0 Å². The third-order valence-corrected chi connectivity index (χ3v) is 17.7. The Labute approximate surface area is 353 Å². The number of piperidine rings is 1. The first-order chi connectivity index (χ1) is 27.6. The van der Waals surface area contributed by atoms with Gasteiger partial charge in [-0.15, -0.1) is 6.58 Å². The highest BCUT2D eigenvalue weighted by molar-refractivity contribution is 7.87. The van der Waals surface area contributed by atoms with Gasteiger partial charge in [0, 0.05) is 37.0 Å². The van der Waals surface area contributed by atoms with E-state index in [0.717, 1.165) is 75.1 Å². The minimum absolute atomic E-state index is 0.0228. The summed E-state index contributed by atoms with van der Waals surface area (Å²) < 4.78 is 29.6. The summed E-state index contributed by atoms with van der Waals surface area (Å²) in [5, 5.41) is 9.26. The van der Waals surface area contributed by atoms with Gasteiger partial charge in [0.2, 0.25) is 23.6 Å². The highest BCUT2D eigenvalue weighted by Crippen LogP contribution is 2.88. The predicted molar refractivity (Wildman–Crippen MR) is 227 cm³/mol. The zero-order valence-corrected chi connectivity index (χ0v) is 38.1. The van der Waals surface area contributed by atoms with E-state index in [9.17, 15) is 27.6 Å². The molecule has 2 aliphatic heterocycles. The van der Waals surface area contributed by atoms with Crippen LogP contribution >= 0.6 is 0 Å². The number of carbonyl (C=O) groups excluding carboxylic acids is 5. The molecule has 4 saturated carbocycles. The number of likely N-dealkylation sites (tertiary alicyclic amines) is 2. The van der Waals surface area contributed by atoms with E-state index in [1.807, 2.05) is 20.8 Å². The van der Waals surface area contributed by atoms with Crippen molar-refractivity contribution in [2.75, 3.05) is 26.2 Å². The fraction of sp³-hybridized carbons (Fsp3) is 0.841. The largest absolute Gasteiger partial charge is 0.343 e. The molecule has 2 spiro atoms. The van der Waals surface area contributed by atoms with Gasteiger partial charge in [-0.2, -0.15) is 12.7 Å². The maximum absolute atomic E-state index is 15.2. The molecule has 2 saturated heterocycles. The molecule has 6 rings (SSSR count). The molecule has 0 unspecified atom stereocenters. The summed E-state index contributed by atoms with van der Waals surface area (Å²) in [6.07, 6.45) is 11.4. The summed E-state index contributed by atoms with van der Waals surface area (Å²) in [5.74, 6) is -2.84. The number of rotatable bonds is 15. The second-order valence-corrected chi connectivity index (χ2v) is 22.2. The van der Waals surface area contributed by atoms with Crippen LogP contribution in [0, 0.1) is 33.5 Å². The molecule has 2 heterocycles. The van der Waals surface area contributed by atoms with Crippen LogP contribution in [0.15, 0.2) is 12.7 Å². The van der Waals surface area contributed by atoms with Crippen molar-refractivity contribution in [1.82, 2.24) is 34.8 Å². The van der Waals surface area contributed by atoms with Gasteiger partial charge in [-0.3, -0.25) is 28.9 Å². The van der Waals surface area contributed by atoms with Gasteiger partial charge in [0.25, 0.3) is 5.91 Å². The lowest BCUT2D eigenvalue weighted by atomic mass is 9.73. The molecule has 15 heteroatoms. The van der Waals surface area contributed by atoms with Gasteiger partial charge in [-0.1, -0.05) is 80.2 Å². The normalized spacial score (nSPS) is 31.1. The van der Waals surface area contributed by atoms with E-state index >= 15 is 4.79 Å². The minimum atomic E-state index is -4.17. The summed E-state index contributed by atoms with van der Waals surface area (Å²) in [5.41, 5.74) is -2.82. The predicted octanol–water partition coefficient (Wildman–Crippen LogP) is 4.02. The SMILES string of the molecule is C=C[C@@H]1C[C@]1(NC(=O)[C@@H]1C[C@@]2(CN1C(=O)[C@@H](NC(=O)[C@@H](NC(=O)[C@@H]1CCCCN1C(C)C)C1CCCC1)C(C)(C)C)C(C)(C)C21CCC1)C(=O)NS(=O)(=O)N(CC)CC. The summed E-state index contributed by atoms with van der Waals surface area (Å²) in [7, 11) is -4.17. The zero-order chi connectivity index (χ0) is 43.5.